The fraction of sp³-hybridized carbons (Fsp3) is 0.321. The van der Waals surface area contributed by atoms with Gasteiger partial charge >= 0.3 is 11.9 Å². The number of allylic oxidation sites excluding steroid dienone is 2. The number of carbonyl (C=O) groups excluding carboxylic acids is 3. The summed E-state index contributed by atoms with van der Waals surface area (Å²) in [6.45, 7) is 7.35. The number of rotatable bonds is 7. The highest BCUT2D eigenvalue weighted by atomic mass is 32.2. The fourth-order valence-corrected chi connectivity index (χ4v) is 6.32. The SMILES string of the molecule is CC1=C(C(=O)OCCN2C(=O)c3ccccc3S2(=O)=O)C(c2cccc([N+](=O)[O-])c2)C(C(=O)OC(C)(C)C)=C(C)N1. The highest BCUT2D eigenvalue weighted by molar-refractivity contribution is 7.90. The van der Waals surface area contributed by atoms with Crippen LogP contribution in [0.15, 0.2) is 76.0 Å². The van der Waals surface area contributed by atoms with Crippen LogP contribution in [0.2, 0.25) is 0 Å². The first kappa shape index (κ1) is 29.5. The Kier molecular flexibility index (Phi) is 7.76. The summed E-state index contributed by atoms with van der Waals surface area (Å²) < 4.78 is 37.4. The number of hydrogen-bond donors (Lipinski definition) is 1. The number of non-ortho nitro benzene ring substituents is 1. The minimum atomic E-state index is -4.10. The van der Waals surface area contributed by atoms with Crippen LogP contribution in [-0.4, -0.2) is 54.2 Å². The average Bonchev–Trinajstić information content (AvgIpc) is 3.07. The van der Waals surface area contributed by atoms with E-state index in [4.69, 9.17) is 9.47 Å². The van der Waals surface area contributed by atoms with Crippen molar-refractivity contribution in [3.05, 3.63) is 92.3 Å². The van der Waals surface area contributed by atoms with Crippen LogP contribution in [0.25, 0.3) is 0 Å². The molecule has 1 amide bonds. The molecule has 0 aromatic heterocycles. The van der Waals surface area contributed by atoms with Gasteiger partial charge in [0.15, 0.2) is 0 Å². The molecule has 0 spiro atoms. The van der Waals surface area contributed by atoms with Crippen molar-refractivity contribution in [1.29, 1.82) is 0 Å². The molecule has 0 fully saturated rings. The molecule has 12 nitrogen and oxygen atoms in total. The predicted octanol–water partition coefficient (Wildman–Crippen LogP) is 3.56. The molecule has 0 saturated heterocycles. The van der Waals surface area contributed by atoms with Crippen molar-refractivity contribution in [1.82, 2.24) is 9.62 Å². The van der Waals surface area contributed by atoms with E-state index in [1.165, 1.54) is 36.4 Å². The Morgan fingerprint density at radius 1 is 1.02 bits per heavy atom. The van der Waals surface area contributed by atoms with Gasteiger partial charge in [0.05, 0.1) is 34.1 Å². The van der Waals surface area contributed by atoms with Crippen LogP contribution in [0, 0.1) is 10.1 Å². The van der Waals surface area contributed by atoms with Crippen molar-refractivity contribution < 1.29 is 37.2 Å². The molecule has 216 valence electrons. The third kappa shape index (κ3) is 5.71. The topological polar surface area (TPSA) is 162 Å². The number of carbonyl (C=O) groups is 3. The van der Waals surface area contributed by atoms with Gasteiger partial charge in [-0.1, -0.05) is 24.3 Å². The van der Waals surface area contributed by atoms with Crippen molar-refractivity contribution >= 4 is 33.6 Å². The quantitative estimate of drug-likeness (QED) is 0.290. The minimum absolute atomic E-state index is 0.0177. The molecule has 2 aromatic rings. The number of hydrogen-bond acceptors (Lipinski definition) is 10. The highest BCUT2D eigenvalue weighted by Crippen LogP contribution is 2.40. The maximum Gasteiger partial charge on any atom is 0.337 e. The summed E-state index contributed by atoms with van der Waals surface area (Å²) in [5.41, 5.74) is -0.0571. The average molecular weight is 584 g/mol. The zero-order valence-electron chi connectivity index (χ0n) is 23.1. The van der Waals surface area contributed by atoms with Gasteiger partial charge in [-0.15, -0.1) is 0 Å². The molecule has 41 heavy (non-hydrogen) atoms. The minimum Gasteiger partial charge on any atom is -0.460 e. The van der Waals surface area contributed by atoms with Gasteiger partial charge in [-0.25, -0.2) is 22.3 Å². The first-order chi connectivity index (χ1) is 19.1. The van der Waals surface area contributed by atoms with Crippen molar-refractivity contribution in [2.75, 3.05) is 13.2 Å². The van der Waals surface area contributed by atoms with Gasteiger partial charge in [-0.3, -0.25) is 14.9 Å². The Morgan fingerprint density at radius 3 is 2.27 bits per heavy atom. The van der Waals surface area contributed by atoms with Crippen LogP contribution in [0.3, 0.4) is 0 Å². The Labute approximate surface area is 236 Å². The normalized spacial score (nSPS) is 18.1. The second kappa shape index (κ2) is 10.8. The van der Waals surface area contributed by atoms with Crippen LogP contribution in [-0.2, 0) is 29.1 Å². The number of esters is 2. The van der Waals surface area contributed by atoms with Crippen LogP contribution in [0.1, 0.15) is 56.5 Å². The van der Waals surface area contributed by atoms with E-state index in [2.05, 4.69) is 5.32 Å². The number of sulfonamides is 1. The summed E-state index contributed by atoms with van der Waals surface area (Å²) in [7, 11) is -4.10. The van der Waals surface area contributed by atoms with E-state index in [0.29, 0.717) is 15.7 Å². The van der Waals surface area contributed by atoms with Gasteiger partial charge in [0, 0.05) is 23.5 Å². The van der Waals surface area contributed by atoms with Gasteiger partial charge in [-0.2, -0.15) is 0 Å². The van der Waals surface area contributed by atoms with E-state index in [-0.39, 0.29) is 32.9 Å². The molecule has 2 heterocycles. The maximum atomic E-state index is 13.5. The summed E-state index contributed by atoms with van der Waals surface area (Å²) in [6, 6.07) is 11.3. The summed E-state index contributed by atoms with van der Waals surface area (Å²) in [5, 5.41) is 14.5. The Balaban J connectivity index is 1.65. The number of nitrogens with one attached hydrogen (secondary N) is 1. The number of amides is 1. The zero-order valence-corrected chi connectivity index (χ0v) is 23.9. The molecule has 0 saturated carbocycles. The second-order valence-corrected chi connectivity index (χ2v) is 12.3. The van der Waals surface area contributed by atoms with Gasteiger partial charge in [0.2, 0.25) is 0 Å². The predicted molar refractivity (Wildman–Crippen MR) is 146 cm³/mol. The largest absolute Gasteiger partial charge is 0.460 e. The summed E-state index contributed by atoms with van der Waals surface area (Å²) in [5.74, 6) is -3.46. The number of nitrogens with zero attached hydrogens (tertiary/aromatic N) is 2. The maximum absolute atomic E-state index is 13.5. The molecule has 0 radical (unpaired) electrons. The fourth-order valence-electron chi connectivity index (χ4n) is 4.77. The van der Waals surface area contributed by atoms with E-state index >= 15 is 0 Å². The van der Waals surface area contributed by atoms with Crippen molar-refractivity contribution in [2.24, 2.45) is 0 Å². The number of fused-ring (bicyclic) bond motifs is 1. The summed E-state index contributed by atoms with van der Waals surface area (Å²) in [6.07, 6.45) is 0. The Bertz CT molecular complexity index is 1630. The number of dihydropyridines is 1. The van der Waals surface area contributed by atoms with Gasteiger partial charge in [-0.05, 0) is 52.3 Å². The number of nitro groups is 1. The third-order valence-electron chi connectivity index (χ3n) is 6.45. The molecular formula is C28H29N3O9S. The third-order valence-corrected chi connectivity index (χ3v) is 8.29. The lowest BCUT2D eigenvalue weighted by Gasteiger charge is -2.32. The monoisotopic (exact) mass is 583 g/mol. The Morgan fingerprint density at radius 2 is 1.66 bits per heavy atom. The zero-order chi connectivity index (χ0) is 30.3. The molecule has 2 aliphatic heterocycles. The van der Waals surface area contributed by atoms with E-state index in [1.807, 2.05) is 0 Å². The van der Waals surface area contributed by atoms with Crippen LogP contribution >= 0.6 is 0 Å². The van der Waals surface area contributed by atoms with E-state index < -0.39 is 57.5 Å². The summed E-state index contributed by atoms with van der Waals surface area (Å²) >= 11 is 0. The molecule has 0 bridgehead atoms. The van der Waals surface area contributed by atoms with Gasteiger partial charge in [0.25, 0.3) is 21.6 Å². The van der Waals surface area contributed by atoms with Gasteiger partial charge in [0.1, 0.15) is 17.1 Å². The smallest absolute Gasteiger partial charge is 0.337 e. The van der Waals surface area contributed by atoms with Crippen molar-refractivity contribution in [2.45, 2.75) is 51.0 Å². The molecule has 2 aromatic carbocycles. The number of nitro benzene ring substituents is 1. The number of ether oxygens (including phenoxy) is 2. The molecular weight excluding hydrogens is 554 g/mol. The van der Waals surface area contributed by atoms with E-state index in [1.54, 1.807) is 46.8 Å². The molecule has 0 aliphatic carbocycles. The molecule has 1 N–H and O–H groups in total. The summed E-state index contributed by atoms with van der Waals surface area (Å²) in [4.78, 5) is 50.4. The van der Waals surface area contributed by atoms with Gasteiger partial charge < -0.3 is 14.8 Å². The lowest BCUT2D eigenvalue weighted by atomic mass is 9.80. The van der Waals surface area contributed by atoms with Crippen LogP contribution < -0.4 is 5.32 Å². The molecule has 4 rings (SSSR count). The standard InChI is InChI=1S/C28H29N3O9S/c1-16-22(26(33)39-14-13-30-25(32)20-11-6-7-12-21(20)41(30,37)38)24(18-9-8-10-19(15-18)31(35)36)23(17(2)29-16)27(34)40-28(3,4)5/h6-12,15,24,29H,13-14H2,1-5H3. The van der Waals surface area contributed by atoms with E-state index in [9.17, 15) is 32.9 Å². The molecule has 2 aliphatic rings. The van der Waals surface area contributed by atoms with Crippen molar-refractivity contribution in [3.8, 4) is 0 Å². The lowest BCUT2D eigenvalue weighted by molar-refractivity contribution is -0.384. The first-order valence-corrected chi connectivity index (χ1v) is 14.1. The Hall–Kier alpha value is -4.52. The lowest BCUT2D eigenvalue weighted by Crippen LogP contribution is -2.36. The van der Waals surface area contributed by atoms with Crippen LogP contribution in [0.5, 0.6) is 0 Å². The molecule has 1 atom stereocenters. The highest BCUT2D eigenvalue weighted by Gasteiger charge is 2.42. The molecule has 13 heteroatoms. The first-order valence-electron chi connectivity index (χ1n) is 12.6. The van der Waals surface area contributed by atoms with Crippen molar-refractivity contribution in [3.63, 3.8) is 0 Å². The second-order valence-electron chi connectivity index (χ2n) is 10.5. The van der Waals surface area contributed by atoms with Crippen LogP contribution in [0.4, 0.5) is 5.69 Å². The van der Waals surface area contributed by atoms with E-state index in [0.717, 1.165) is 0 Å². The number of benzene rings is 2. The molecule has 1 unspecified atom stereocenters.